The molecule has 0 spiro atoms. The lowest BCUT2D eigenvalue weighted by molar-refractivity contribution is -0.127. The van der Waals surface area contributed by atoms with E-state index in [4.69, 9.17) is 5.11 Å². The minimum absolute atomic E-state index is 0.108. The molecule has 2 aromatic rings. The first kappa shape index (κ1) is 12.2. The van der Waals surface area contributed by atoms with Crippen molar-refractivity contribution in [2.75, 3.05) is 19.7 Å². The average Bonchev–Trinajstić information content (AvgIpc) is 3.02. The lowest BCUT2D eigenvalue weighted by Gasteiger charge is -2.16. The van der Waals surface area contributed by atoms with Gasteiger partial charge in [-0.3, -0.25) is 4.79 Å². The fourth-order valence-corrected chi connectivity index (χ4v) is 2.71. The summed E-state index contributed by atoms with van der Waals surface area (Å²) in [5.74, 6) is 0.290. The Bertz CT molecular complexity index is 591. The molecule has 1 unspecified atom stereocenters. The quantitative estimate of drug-likeness (QED) is 0.874. The molecule has 2 N–H and O–H groups in total. The van der Waals surface area contributed by atoms with Gasteiger partial charge in [0.1, 0.15) is 0 Å². The number of aliphatic hydroxyl groups is 1. The van der Waals surface area contributed by atoms with E-state index in [-0.39, 0.29) is 18.4 Å². The Balaban J connectivity index is 1.64. The molecule has 1 aliphatic rings. The summed E-state index contributed by atoms with van der Waals surface area (Å²) in [5, 5.41) is 10.3. The number of H-pyrrole nitrogens is 1. The first-order valence-electron chi connectivity index (χ1n) is 6.71. The number of likely N-dealkylation sites (tertiary alicyclic amines) is 1. The zero-order chi connectivity index (χ0) is 13.2. The van der Waals surface area contributed by atoms with Gasteiger partial charge < -0.3 is 15.0 Å². The number of amides is 1. The van der Waals surface area contributed by atoms with Crippen molar-refractivity contribution in [3.8, 4) is 0 Å². The van der Waals surface area contributed by atoms with Crippen molar-refractivity contribution in [3.05, 3.63) is 36.0 Å². The lowest BCUT2D eigenvalue weighted by atomic mass is 10.1. The topological polar surface area (TPSA) is 56.3 Å². The first-order chi connectivity index (χ1) is 9.26. The number of aromatic nitrogens is 1. The molecule has 4 heteroatoms. The molecule has 1 aromatic carbocycles. The number of carbonyl (C=O) groups is 1. The van der Waals surface area contributed by atoms with Gasteiger partial charge in [-0.15, -0.1) is 0 Å². The van der Waals surface area contributed by atoms with Crippen LogP contribution in [0.3, 0.4) is 0 Å². The minimum Gasteiger partial charge on any atom is -0.396 e. The minimum atomic E-state index is 0.108. The molecule has 3 rings (SSSR count). The maximum atomic E-state index is 11.7. The van der Waals surface area contributed by atoms with Crippen LogP contribution in [0.5, 0.6) is 0 Å². The molecule has 100 valence electrons. The van der Waals surface area contributed by atoms with Gasteiger partial charge in [-0.2, -0.15) is 0 Å². The molecule has 1 fully saturated rings. The fourth-order valence-electron chi connectivity index (χ4n) is 2.71. The van der Waals surface area contributed by atoms with E-state index in [0.717, 1.165) is 18.5 Å². The van der Waals surface area contributed by atoms with Gasteiger partial charge in [0, 0.05) is 43.7 Å². The third kappa shape index (κ3) is 2.49. The third-order valence-corrected chi connectivity index (χ3v) is 3.84. The SMILES string of the molecule is O=C1CC(CO)CN1CCc1ccc2cc[nH]c2c1. The Morgan fingerprint density at radius 2 is 2.26 bits per heavy atom. The molecule has 0 aliphatic carbocycles. The van der Waals surface area contributed by atoms with Crippen molar-refractivity contribution in [2.45, 2.75) is 12.8 Å². The molecule has 4 nitrogen and oxygen atoms in total. The van der Waals surface area contributed by atoms with E-state index in [1.807, 2.05) is 11.1 Å². The zero-order valence-electron chi connectivity index (χ0n) is 10.8. The summed E-state index contributed by atoms with van der Waals surface area (Å²) < 4.78 is 0. The summed E-state index contributed by atoms with van der Waals surface area (Å²) >= 11 is 0. The molecule has 2 heterocycles. The number of benzene rings is 1. The maximum Gasteiger partial charge on any atom is 0.223 e. The van der Waals surface area contributed by atoms with Crippen LogP contribution in [0, 0.1) is 5.92 Å². The van der Waals surface area contributed by atoms with E-state index < -0.39 is 0 Å². The fraction of sp³-hybridized carbons (Fsp3) is 0.400. The second-order valence-electron chi connectivity index (χ2n) is 5.24. The van der Waals surface area contributed by atoms with Crippen LogP contribution in [0.1, 0.15) is 12.0 Å². The largest absolute Gasteiger partial charge is 0.396 e. The van der Waals surface area contributed by atoms with Crippen LogP contribution in [0.2, 0.25) is 0 Å². The number of nitrogens with zero attached hydrogens (tertiary/aromatic N) is 1. The average molecular weight is 258 g/mol. The summed E-state index contributed by atoms with van der Waals surface area (Å²) in [6.45, 7) is 1.54. The van der Waals surface area contributed by atoms with Gasteiger partial charge in [0.05, 0.1) is 0 Å². The normalized spacial score (nSPS) is 19.5. The van der Waals surface area contributed by atoms with Gasteiger partial charge in [0.15, 0.2) is 0 Å². The number of fused-ring (bicyclic) bond motifs is 1. The number of nitrogens with one attached hydrogen (secondary N) is 1. The summed E-state index contributed by atoms with van der Waals surface area (Å²) in [4.78, 5) is 16.8. The second-order valence-corrected chi connectivity index (χ2v) is 5.24. The molecule has 1 atom stereocenters. The standard InChI is InChI=1S/C15H18N2O2/c18-10-12-8-15(19)17(9-12)6-4-11-1-2-13-3-5-16-14(13)7-11/h1-3,5,7,12,16,18H,4,6,8-10H2. The van der Waals surface area contributed by atoms with Crippen molar-refractivity contribution < 1.29 is 9.90 Å². The maximum absolute atomic E-state index is 11.7. The van der Waals surface area contributed by atoms with Crippen LogP contribution in [0.25, 0.3) is 10.9 Å². The van der Waals surface area contributed by atoms with E-state index in [1.165, 1.54) is 10.9 Å². The van der Waals surface area contributed by atoms with Gasteiger partial charge in [-0.05, 0) is 29.5 Å². The summed E-state index contributed by atoms with van der Waals surface area (Å²) in [5.41, 5.74) is 2.37. The van der Waals surface area contributed by atoms with E-state index in [1.54, 1.807) is 0 Å². The molecular weight excluding hydrogens is 240 g/mol. The van der Waals surface area contributed by atoms with Crippen LogP contribution in [-0.4, -0.2) is 40.6 Å². The van der Waals surface area contributed by atoms with Crippen LogP contribution < -0.4 is 0 Å². The highest BCUT2D eigenvalue weighted by Gasteiger charge is 2.28. The van der Waals surface area contributed by atoms with Gasteiger partial charge in [0.25, 0.3) is 0 Å². The lowest BCUT2D eigenvalue weighted by Crippen LogP contribution is -2.27. The molecule has 0 radical (unpaired) electrons. The molecule has 19 heavy (non-hydrogen) atoms. The van der Waals surface area contributed by atoms with Gasteiger partial charge in [-0.1, -0.05) is 12.1 Å². The third-order valence-electron chi connectivity index (χ3n) is 3.84. The van der Waals surface area contributed by atoms with Crippen LogP contribution >= 0.6 is 0 Å². The van der Waals surface area contributed by atoms with Crippen LogP contribution in [0.4, 0.5) is 0 Å². The van der Waals surface area contributed by atoms with Gasteiger partial charge in [0.2, 0.25) is 5.91 Å². The monoisotopic (exact) mass is 258 g/mol. The van der Waals surface area contributed by atoms with E-state index >= 15 is 0 Å². The second kappa shape index (κ2) is 5.05. The predicted octanol–water partition coefficient (Wildman–Crippen LogP) is 1.55. The Labute approximate surface area is 112 Å². The van der Waals surface area contributed by atoms with E-state index in [9.17, 15) is 4.79 Å². The number of rotatable bonds is 4. The number of carbonyl (C=O) groups excluding carboxylic acids is 1. The molecule has 0 bridgehead atoms. The molecular formula is C15H18N2O2. The molecule has 1 amide bonds. The summed E-state index contributed by atoms with van der Waals surface area (Å²) in [6.07, 6.45) is 3.29. The highest BCUT2D eigenvalue weighted by molar-refractivity contribution is 5.80. The number of aliphatic hydroxyl groups excluding tert-OH is 1. The molecule has 0 saturated carbocycles. The Morgan fingerprint density at radius 1 is 1.37 bits per heavy atom. The highest BCUT2D eigenvalue weighted by Crippen LogP contribution is 2.19. The number of hydrogen-bond donors (Lipinski definition) is 2. The first-order valence-corrected chi connectivity index (χ1v) is 6.71. The molecule has 1 aliphatic heterocycles. The zero-order valence-corrected chi connectivity index (χ0v) is 10.8. The molecule has 1 aromatic heterocycles. The Morgan fingerprint density at radius 3 is 3.05 bits per heavy atom. The van der Waals surface area contributed by atoms with Crippen LogP contribution in [0.15, 0.2) is 30.5 Å². The van der Waals surface area contributed by atoms with Crippen molar-refractivity contribution in [2.24, 2.45) is 5.92 Å². The Hall–Kier alpha value is -1.81. The molecule has 1 saturated heterocycles. The highest BCUT2D eigenvalue weighted by atomic mass is 16.3. The van der Waals surface area contributed by atoms with Gasteiger partial charge in [-0.25, -0.2) is 0 Å². The van der Waals surface area contributed by atoms with E-state index in [0.29, 0.717) is 13.0 Å². The van der Waals surface area contributed by atoms with Crippen molar-refractivity contribution in [1.82, 2.24) is 9.88 Å². The predicted molar refractivity (Wildman–Crippen MR) is 73.8 cm³/mol. The Kier molecular flexibility index (Phi) is 3.25. The number of aromatic amines is 1. The summed E-state index contributed by atoms with van der Waals surface area (Å²) in [7, 11) is 0. The smallest absolute Gasteiger partial charge is 0.223 e. The van der Waals surface area contributed by atoms with Gasteiger partial charge >= 0.3 is 0 Å². The van der Waals surface area contributed by atoms with Crippen LogP contribution in [-0.2, 0) is 11.2 Å². The van der Waals surface area contributed by atoms with Crippen molar-refractivity contribution in [3.63, 3.8) is 0 Å². The number of hydrogen-bond acceptors (Lipinski definition) is 2. The van der Waals surface area contributed by atoms with E-state index in [2.05, 4.69) is 29.2 Å². The van der Waals surface area contributed by atoms with Crippen molar-refractivity contribution >= 4 is 16.8 Å². The summed E-state index contributed by atoms with van der Waals surface area (Å²) in [6, 6.07) is 8.40. The van der Waals surface area contributed by atoms with Crippen molar-refractivity contribution in [1.29, 1.82) is 0 Å².